The molecule has 0 atom stereocenters. The summed E-state index contributed by atoms with van der Waals surface area (Å²) in [7, 11) is 3.31. The van der Waals surface area contributed by atoms with Crippen LogP contribution in [-0.4, -0.2) is 50.1 Å². The molecule has 0 fully saturated rings. The lowest BCUT2D eigenvalue weighted by molar-refractivity contribution is -0.130. The van der Waals surface area contributed by atoms with Crippen LogP contribution in [0.1, 0.15) is 17.3 Å². The van der Waals surface area contributed by atoms with Crippen LogP contribution < -0.4 is 15.4 Å². The van der Waals surface area contributed by atoms with Crippen LogP contribution in [0.15, 0.2) is 48.5 Å². The van der Waals surface area contributed by atoms with Crippen molar-refractivity contribution in [2.75, 3.05) is 37.9 Å². The third-order valence-corrected chi connectivity index (χ3v) is 3.62. The Morgan fingerprint density at radius 2 is 1.68 bits per heavy atom. The van der Waals surface area contributed by atoms with E-state index < -0.39 is 6.09 Å². The second-order valence-corrected chi connectivity index (χ2v) is 5.98. The summed E-state index contributed by atoms with van der Waals surface area (Å²) in [5.74, 6) is 0.0477. The van der Waals surface area contributed by atoms with Crippen molar-refractivity contribution in [3.63, 3.8) is 0 Å². The van der Waals surface area contributed by atoms with Crippen molar-refractivity contribution < 1.29 is 23.9 Å². The molecule has 3 amide bonds. The number of nitrogens with zero attached hydrogens (tertiary/aromatic N) is 1. The van der Waals surface area contributed by atoms with Crippen LogP contribution in [0.4, 0.5) is 16.2 Å². The number of hydrogen-bond acceptors (Lipinski definition) is 5. The zero-order valence-electron chi connectivity index (χ0n) is 16.0. The number of carbonyl (C=O) groups excluding carboxylic acids is 3. The van der Waals surface area contributed by atoms with Gasteiger partial charge in [0.25, 0.3) is 11.8 Å². The van der Waals surface area contributed by atoms with Gasteiger partial charge in [0.15, 0.2) is 6.61 Å². The van der Waals surface area contributed by atoms with Gasteiger partial charge in [-0.2, -0.15) is 0 Å². The van der Waals surface area contributed by atoms with Crippen molar-refractivity contribution in [3.05, 3.63) is 54.1 Å². The number of anilines is 2. The highest BCUT2D eigenvalue weighted by Crippen LogP contribution is 2.18. The molecule has 0 saturated heterocycles. The van der Waals surface area contributed by atoms with E-state index in [9.17, 15) is 14.4 Å². The normalized spacial score (nSPS) is 9.96. The van der Waals surface area contributed by atoms with Crippen molar-refractivity contribution in [1.82, 2.24) is 4.90 Å². The molecule has 0 aliphatic carbocycles. The topological polar surface area (TPSA) is 97.0 Å². The third kappa shape index (κ3) is 6.31. The van der Waals surface area contributed by atoms with Crippen molar-refractivity contribution in [3.8, 4) is 5.75 Å². The van der Waals surface area contributed by atoms with Crippen LogP contribution in [0.3, 0.4) is 0 Å². The molecule has 8 heteroatoms. The van der Waals surface area contributed by atoms with Gasteiger partial charge in [-0.05, 0) is 49.4 Å². The Labute approximate surface area is 163 Å². The zero-order chi connectivity index (χ0) is 20.5. The molecule has 2 rings (SSSR count). The molecule has 0 aliphatic rings. The Bertz CT molecular complexity index is 834. The van der Waals surface area contributed by atoms with E-state index in [4.69, 9.17) is 9.47 Å². The molecule has 0 aromatic heterocycles. The van der Waals surface area contributed by atoms with Crippen LogP contribution in [0.25, 0.3) is 0 Å². The predicted molar refractivity (Wildman–Crippen MR) is 106 cm³/mol. The molecule has 28 heavy (non-hydrogen) atoms. The Morgan fingerprint density at radius 1 is 0.964 bits per heavy atom. The first-order valence-corrected chi connectivity index (χ1v) is 8.67. The molecule has 2 N–H and O–H groups in total. The highest BCUT2D eigenvalue weighted by molar-refractivity contribution is 6.05. The standard InChI is InChI=1S/C20H23N3O5/c1-4-27-20(26)22-16-7-5-6-14(12-16)19(25)21-15-8-10-17(11-9-15)28-13-18(24)23(2)3/h5-12H,4,13H2,1-3H3,(H,21,25)(H,22,26). The summed E-state index contributed by atoms with van der Waals surface area (Å²) in [5.41, 5.74) is 1.41. The molecule has 0 saturated carbocycles. The lowest BCUT2D eigenvalue weighted by Crippen LogP contribution is -2.27. The fourth-order valence-electron chi connectivity index (χ4n) is 2.14. The van der Waals surface area contributed by atoms with E-state index >= 15 is 0 Å². The van der Waals surface area contributed by atoms with E-state index in [0.29, 0.717) is 22.7 Å². The summed E-state index contributed by atoms with van der Waals surface area (Å²) in [5, 5.41) is 5.31. The molecule has 8 nitrogen and oxygen atoms in total. The maximum absolute atomic E-state index is 12.4. The maximum atomic E-state index is 12.4. The molecular weight excluding hydrogens is 362 g/mol. The Hall–Kier alpha value is -3.55. The second kappa shape index (κ2) is 9.96. The maximum Gasteiger partial charge on any atom is 0.411 e. The molecule has 0 unspecified atom stereocenters. The van der Waals surface area contributed by atoms with Gasteiger partial charge in [-0.15, -0.1) is 0 Å². The monoisotopic (exact) mass is 385 g/mol. The fraction of sp³-hybridized carbons (Fsp3) is 0.250. The van der Waals surface area contributed by atoms with Gasteiger partial charge in [-0.25, -0.2) is 4.79 Å². The smallest absolute Gasteiger partial charge is 0.411 e. The molecule has 2 aromatic rings. The Balaban J connectivity index is 1.95. The number of benzene rings is 2. The number of carbonyl (C=O) groups is 3. The minimum atomic E-state index is -0.580. The molecule has 2 aromatic carbocycles. The Morgan fingerprint density at radius 3 is 2.32 bits per heavy atom. The van der Waals surface area contributed by atoms with Crippen molar-refractivity contribution in [1.29, 1.82) is 0 Å². The van der Waals surface area contributed by atoms with E-state index in [1.807, 2.05) is 0 Å². The summed E-state index contributed by atoms with van der Waals surface area (Å²) >= 11 is 0. The lowest BCUT2D eigenvalue weighted by Gasteiger charge is -2.12. The number of amides is 3. The minimum absolute atomic E-state index is 0.0566. The molecule has 0 aliphatic heterocycles. The van der Waals surface area contributed by atoms with E-state index in [2.05, 4.69) is 10.6 Å². The van der Waals surface area contributed by atoms with Crippen LogP contribution in [-0.2, 0) is 9.53 Å². The second-order valence-electron chi connectivity index (χ2n) is 5.98. The minimum Gasteiger partial charge on any atom is -0.484 e. The van der Waals surface area contributed by atoms with Gasteiger partial charge >= 0.3 is 6.09 Å². The third-order valence-electron chi connectivity index (χ3n) is 3.62. The number of rotatable bonds is 7. The summed E-state index contributed by atoms with van der Waals surface area (Å²) in [6.07, 6.45) is -0.580. The first-order chi connectivity index (χ1) is 13.4. The number of nitrogens with one attached hydrogen (secondary N) is 2. The fourth-order valence-corrected chi connectivity index (χ4v) is 2.14. The summed E-state index contributed by atoms with van der Waals surface area (Å²) in [4.78, 5) is 36.9. The molecule has 0 spiro atoms. The van der Waals surface area contributed by atoms with Crippen molar-refractivity contribution >= 4 is 29.3 Å². The molecule has 0 radical (unpaired) electrons. The lowest BCUT2D eigenvalue weighted by atomic mass is 10.2. The van der Waals surface area contributed by atoms with E-state index in [0.717, 1.165) is 0 Å². The van der Waals surface area contributed by atoms with Gasteiger partial charge in [0.05, 0.1) is 6.61 Å². The molecule has 148 valence electrons. The SMILES string of the molecule is CCOC(=O)Nc1cccc(C(=O)Nc2ccc(OCC(=O)N(C)C)cc2)c1. The zero-order valence-corrected chi connectivity index (χ0v) is 16.0. The van der Waals surface area contributed by atoms with Crippen LogP contribution >= 0.6 is 0 Å². The predicted octanol–water partition coefficient (Wildman–Crippen LogP) is 2.97. The number of ether oxygens (including phenoxy) is 2. The van der Waals surface area contributed by atoms with Crippen molar-refractivity contribution in [2.24, 2.45) is 0 Å². The van der Waals surface area contributed by atoms with Gasteiger partial charge in [-0.1, -0.05) is 6.07 Å². The highest BCUT2D eigenvalue weighted by Gasteiger charge is 2.09. The summed E-state index contributed by atoms with van der Waals surface area (Å²) in [6, 6.07) is 13.2. The van der Waals surface area contributed by atoms with Crippen LogP contribution in [0.5, 0.6) is 5.75 Å². The Kier molecular flexibility index (Phi) is 7.38. The van der Waals surface area contributed by atoms with Gasteiger partial charge < -0.3 is 19.7 Å². The highest BCUT2D eigenvalue weighted by atomic mass is 16.5. The van der Waals surface area contributed by atoms with E-state index in [1.54, 1.807) is 69.6 Å². The van der Waals surface area contributed by atoms with E-state index in [-0.39, 0.29) is 25.0 Å². The van der Waals surface area contributed by atoms with Gasteiger partial charge in [0.1, 0.15) is 5.75 Å². The largest absolute Gasteiger partial charge is 0.484 e. The first kappa shape index (κ1) is 20.8. The molecule has 0 bridgehead atoms. The van der Waals surface area contributed by atoms with Gasteiger partial charge in [-0.3, -0.25) is 14.9 Å². The van der Waals surface area contributed by atoms with Crippen LogP contribution in [0.2, 0.25) is 0 Å². The average Bonchev–Trinajstić information content (AvgIpc) is 2.67. The number of likely N-dealkylation sites (N-methyl/N-ethyl adjacent to an activating group) is 1. The average molecular weight is 385 g/mol. The number of hydrogen-bond donors (Lipinski definition) is 2. The molecule has 0 heterocycles. The summed E-state index contributed by atoms with van der Waals surface area (Å²) < 4.78 is 10.2. The first-order valence-electron chi connectivity index (χ1n) is 8.67. The molecular formula is C20H23N3O5. The van der Waals surface area contributed by atoms with E-state index in [1.165, 1.54) is 4.90 Å². The van der Waals surface area contributed by atoms with Crippen LogP contribution in [0, 0.1) is 0 Å². The van der Waals surface area contributed by atoms with Gasteiger partial charge in [0.2, 0.25) is 0 Å². The van der Waals surface area contributed by atoms with Gasteiger partial charge in [0, 0.05) is 31.0 Å². The summed E-state index contributed by atoms with van der Waals surface area (Å²) in [6.45, 7) is 1.91. The quantitative estimate of drug-likeness (QED) is 0.764. The van der Waals surface area contributed by atoms with Crippen molar-refractivity contribution in [2.45, 2.75) is 6.92 Å².